The number of ether oxygens (including phenoxy) is 1. The molecule has 22 heavy (non-hydrogen) atoms. The number of hydrogen-bond donors (Lipinski definition) is 1. The summed E-state index contributed by atoms with van der Waals surface area (Å²) in [6.45, 7) is 5.82. The van der Waals surface area contributed by atoms with E-state index in [1.165, 1.54) is 32.4 Å². The van der Waals surface area contributed by atoms with Crippen LogP contribution in [0.5, 0.6) is 0 Å². The maximum atomic E-state index is 11.5. The van der Waals surface area contributed by atoms with E-state index < -0.39 is 0 Å². The maximum Gasteiger partial charge on any atom is 0.285 e. The number of aromatic nitrogens is 2. The Balaban J connectivity index is 1.46. The number of nitrogens with one attached hydrogen (secondary N) is 1. The molecule has 122 valence electrons. The van der Waals surface area contributed by atoms with Crippen molar-refractivity contribution in [2.45, 2.75) is 31.8 Å². The second kappa shape index (κ2) is 7.44. The summed E-state index contributed by atoms with van der Waals surface area (Å²) in [5.41, 5.74) is 0.362. The minimum absolute atomic E-state index is 0.208. The van der Waals surface area contributed by atoms with Crippen LogP contribution in [0.4, 0.5) is 5.69 Å². The molecule has 0 amide bonds. The zero-order valence-corrected chi connectivity index (χ0v) is 13.5. The van der Waals surface area contributed by atoms with Gasteiger partial charge < -0.3 is 14.5 Å². The molecule has 2 saturated heterocycles. The van der Waals surface area contributed by atoms with Gasteiger partial charge in [-0.15, -0.1) is 0 Å². The number of hydrogen-bond acceptors (Lipinski definition) is 5. The minimum atomic E-state index is -0.339. The average Bonchev–Trinajstić information content (AvgIpc) is 3.00. The van der Waals surface area contributed by atoms with Crippen LogP contribution in [0.25, 0.3) is 0 Å². The highest BCUT2D eigenvalue weighted by molar-refractivity contribution is 6.33. The van der Waals surface area contributed by atoms with E-state index in [1.807, 2.05) is 0 Å². The lowest BCUT2D eigenvalue weighted by Crippen LogP contribution is -2.34. The van der Waals surface area contributed by atoms with E-state index in [4.69, 9.17) is 16.3 Å². The molecule has 0 aromatic carbocycles. The molecule has 0 aliphatic carbocycles. The molecule has 0 saturated carbocycles. The van der Waals surface area contributed by atoms with Crippen LogP contribution in [0.15, 0.2) is 11.0 Å². The second-order valence-electron chi connectivity index (χ2n) is 6.03. The first-order valence-electron chi connectivity index (χ1n) is 8.06. The highest BCUT2D eigenvalue weighted by Crippen LogP contribution is 2.25. The Labute approximate surface area is 135 Å². The van der Waals surface area contributed by atoms with Gasteiger partial charge in [0.25, 0.3) is 5.56 Å². The van der Waals surface area contributed by atoms with Crippen molar-refractivity contribution in [1.29, 1.82) is 0 Å². The lowest BCUT2D eigenvalue weighted by Gasteiger charge is -2.26. The molecular formula is C15H23ClN4O2. The van der Waals surface area contributed by atoms with Crippen LogP contribution in [0, 0.1) is 0 Å². The van der Waals surface area contributed by atoms with Crippen LogP contribution >= 0.6 is 11.6 Å². The van der Waals surface area contributed by atoms with Gasteiger partial charge in [-0.05, 0) is 32.4 Å². The molecule has 7 heteroatoms. The van der Waals surface area contributed by atoms with Crippen molar-refractivity contribution in [3.05, 3.63) is 21.6 Å². The summed E-state index contributed by atoms with van der Waals surface area (Å²) in [5.74, 6) is 0. The Morgan fingerprint density at radius 1 is 1.32 bits per heavy atom. The maximum absolute atomic E-state index is 11.5. The van der Waals surface area contributed by atoms with Gasteiger partial charge in [0, 0.05) is 19.6 Å². The fraction of sp³-hybridized carbons (Fsp3) is 0.733. The first-order chi connectivity index (χ1) is 10.7. The Kier molecular flexibility index (Phi) is 5.33. The van der Waals surface area contributed by atoms with E-state index in [-0.39, 0.29) is 16.7 Å². The topological polar surface area (TPSA) is 61.5 Å². The fourth-order valence-electron chi connectivity index (χ4n) is 3.21. The molecule has 0 radical (unpaired) electrons. The van der Waals surface area contributed by atoms with E-state index >= 15 is 0 Å². The monoisotopic (exact) mass is 326 g/mol. The normalized spacial score (nSPS) is 23.1. The SMILES string of the molecule is O=c1[nH]ncc(N2CC[C@H](OCCN3CCCCC3)C2)c1Cl. The number of likely N-dealkylation sites (tertiary alicyclic amines) is 1. The van der Waals surface area contributed by atoms with Crippen LogP contribution in [0.3, 0.4) is 0 Å². The third kappa shape index (κ3) is 3.80. The number of rotatable bonds is 5. The first kappa shape index (κ1) is 15.8. The zero-order valence-electron chi connectivity index (χ0n) is 12.8. The van der Waals surface area contributed by atoms with Crippen molar-refractivity contribution < 1.29 is 4.74 Å². The molecule has 0 unspecified atom stereocenters. The number of anilines is 1. The number of nitrogens with zero attached hydrogens (tertiary/aromatic N) is 3. The van der Waals surface area contributed by atoms with Crippen molar-refractivity contribution in [1.82, 2.24) is 15.1 Å². The smallest absolute Gasteiger partial charge is 0.285 e. The third-order valence-corrected chi connectivity index (χ3v) is 4.84. The molecule has 3 rings (SSSR count). The minimum Gasteiger partial charge on any atom is -0.375 e. The van der Waals surface area contributed by atoms with Gasteiger partial charge in [-0.2, -0.15) is 5.10 Å². The van der Waals surface area contributed by atoms with Crippen LogP contribution < -0.4 is 10.5 Å². The van der Waals surface area contributed by atoms with E-state index in [9.17, 15) is 4.79 Å². The summed E-state index contributed by atoms with van der Waals surface area (Å²) < 4.78 is 5.99. The highest BCUT2D eigenvalue weighted by Gasteiger charge is 2.25. The molecule has 2 aliphatic rings. The van der Waals surface area contributed by atoms with Crippen molar-refractivity contribution >= 4 is 17.3 Å². The number of H-pyrrole nitrogens is 1. The van der Waals surface area contributed by atoms with Gasteiger partial charge in [-0.3, -0.25) is 4.79 Å². The number of aromatic amines is 1. The average molecular weight is 327 g/mol. The summed E-state index contributed by atoms with van der Waals surface area (Å²) >= 11 is 6.05. The van der Waals surface area contributed by atoms with Crippen LogP contribution in [0.2, 0.25) is 5.02 Å². The number of halogens is 1. The summed E-state index contributed by atoms with van der Waals surface area (Å²) in [6.07, 6.45) is 6.76. The molecule has 0 bridgehead atoms. The molecule has 2 aliphatic heterocycles. The second-order valence-corrected chi connectivity index (χ2v) is 6.41. The van der Waals surface area contributed by atoms with Gasteiger partial charge in [0.15, 0.2) is 0 Å². The molecule has 1 N–H and O–H groups in total. The van der Waals surface area contributed by atoms with E-state index in [2.05, 4.69) is 20.0 Å². The lowest BCUT2D eigenvalue weighted by atomic mass is 10.1. The quantitative estimate of drug-likeness (QED) is 0.888. The predicted molar refractivity (Wildman–Crippen MR) is 86.7 cm³/mol. The molecule has 2 fully saturated rings. The Morgan fingerprint density at radius 3 is 2.95 bits per heavy atom. The first-order valence-corrected chi connectivity index (χ1v) is 8.44. The molecule has 0 spiro atoms. The Hall–Kier alpha value is -1.11. The fourth-order valence-corrected chi connectivity index (χ4v) is 3.42. The summed E-state index contributed by atoms with van der Waals surface area (Å²) in [4.78, 5) is 16.1. The van der Waals surface area contributed by atoms with Crippen molar-refractivity contribution in [2.75, 3.05) is 44.2 Å². The number of piperidine rings is 1. The standard InChI is InChI=1S/C15H23ClN4O2/c16-14-13(10-17-18-15(14)21)20-7-4-12(11-20)22-9-8-19-5-2-1-3-6-19/h10,12H,1-9,11H2,(H,18,21)/t12-/m0/s1. The predicted octanol–water partition coefficient (Wildman–Crippen LogP) is 1.50. The summed E-state index contributed by atoms with van der Waals surface area (Å²) in [6, 6.07) is 0. The van der Waals surface area contributed by atoms with E-state index in [1.54, 1.807) is 6.20 Å². The Morgan fingerprint density at radius 2 is 2.14 bits per heavy atom. The molecular weight excluding hydrogens is 304 g/mol. The van der Waals surface area contributed by atoms with Gasteiger partial charge in [-0.1, -0.05) is 18.0 Å². The largest absolute Gasteiger partial charge is 0.375 e. The zero-order chi connectivity index (χ0) is 15.4. The van der Waals surface area contributed by atoms with E-state index in [0.29, 0.717) is 5.69 Å². The molecule has 3 heterocycles. The van der Waals surface area contributed by atoms with Crippen molar-refractivity contribution in [2.24, 2.45) is 0 Å². The van der Waals surface area contributed by atoms with Gasteiger partial charge in [0.2, 0.25) is 0 Å². The van der Waals surface area contributed by atoms with Crippen molar-refractivity contribution in [3.8, 4) is 0 Å². The molecule has 1 aromatic heterocycles. The Bertz CT molecular complexity index is 545. The molecule has 6 nitrogen and oxygen atoms in total. The van der Waals surface area contributed by atoms with Crippen molar-refractivity contribution in [3.63, 3.8) is 0 Å². The summed E-state index contributed by atoms with van der Waals surface area (Å²) in [5, 5.41) is 6.38. The third-order valence-electron chi connectivity index (χ3n) is 4.47. The van der Waals surface area contributed by atoms with Crippen LogP contribution in [-0.4, -0.2) is 60.5 Å². The van der Waals surface area contributed by atoms with Gasteiger partial charge >= 0.3 is 0 Å². The van der Waals surface area contributed by atoms with Crippen LogP contribution in [0.1, 0.15) is 25.7 Å². The highest BCUT2D eigenvalue weighted by atomic mass is 35.5. The van der Waals surface area contributed by atoms with Gasteiger partial charge in [0.1, 0.15) is 5.02 Å². The molecule has 1 aromatic rings. The summed E-state index contributed by atoms with van der Waals surface area (Å²) in [7, 11) is 0. The van der Waals surface area contributed by atoms with Gasteiger partial charge in [0.05, 0.1) is 24.6 Å². The lowest BCUT2D eigenvalue weighted by molar-refractivity contribution is 0.0467. The van der Waals surface area contributed by atoms with Gasteiger partial charge in [-0.25, -0.2) is 5.10 Å². The van der Waals surface area contributed by atoms with Crippen LogP contribution in [-0.2, 0) is 4.74 Å². The van der Waals surface area contributed by atoms with E-state index in [0.717, 1.165) is 32.7 Å². The molecule has 1 atom stereocenters.